The molecule has 0 unspecified atom stereocenters. The van der Waals surface area contributed by atoms with Gasteiger partial charge >= 0.3 is 11.9 Å². The van der Waals surface area contributed by atoms with Gasteiger partial charge in [0.05, 0.1) is 17.9 Å². The number of aliphatic hydroxyl groups is 1. The minimum atomic E-state index is -0.829. The van der Waals surface area contributed by atoms with Gasteiger partial charge in [0, 0.05) is 35.4 Å². The second-order valence-corrected chi connectivity index (χ2v) is 21.4. The van der Waals surface area contributed by atoms with Gasteiger partial charge in [-0.15, -0.1) is 0 Å². The minimum Gasteiger partial charge on any atom is -0.481 e. The summed E-state index contributed by atoms with van der Waals surface area (Å²) in [7, 11) is 0. The van der Waals surface area contributed by atoms with Crippen LogP contribution in [0.25, 0.3) is 0 Å². The molecular weight excluding hydrogens is 698 g/mol. The van der Waals surface area contributed by atoms with Gasteiger partial charge in [-0.2, -0.15) is 0 Å². The van der Waals surface area contributed by atoms with Crippen LogP contribution in [-0.4, -0.2) is 46.7 Å². The Morgan fingerprint density at radius 2 is 1.63 bits per heavy atom. The van der Waals surface area contributed by atoms with Gasteiger partial charge in [0.2, 0.25) is 0 Å². The Kier molecular flexibility index (Phi) is 9.95. The Labute approximate surface area is 328 Å². The first-order valence-electron chi connectivity index (χ1n) is 21.0. The second kappa shape index (κ2) is 13.4. The third kappa shape index (κ3) is 5.73. The molecule has 5 fully saturated rings. The maximum atomic E-state index is 14.1. The van der Waals surface area contributed by atoms with E-state index in [9.17, 15) is 24.6 Å². The molecule has 7 rings (SSSR count). The van der Waals surface area contributed by atoms with E-state index in [2.05, 4.69) is 53.8 Å². The van der Waals surface area contributed by atoms with E-state index in [1.165, 1.54) is 5.57 Å². The maximum absolute atomic E-state index is 14.1. The van der Waals surface area contributed by atoms with Crippen molar-refractivity contribution in [3.63, 3.8) is 0 Å². The predicted octanol–water partition coefficient (Wildman–Crippen LogP) is 9.43. The van der Waals surface area contributed by atoms with Crippen LogP contribution in [-0.2, 0) is 25.7 Å². The lowest BCUT2D eigenvalue weighted by atomic mass is 9.33. The highest BCUT2D eigenvalue weighted by Gasteiger charge is 2.71. The van der Waals surface area contributed by atoms with Gasteiger partial charge in [-0.25, -0.2) is 0 Å². The van der Waals surface area contributed by atoms with Gasteiger partial charge in [-0.05, 0) is 126 Å². The Bertz CT molecular complexity index is 1730. The molecule has 298 valence electrons. The first-order chi connectivity index (χ1) is 25.1. The van der Waals surface area contributed by atoms with Gasteiger partial charge in [0.25, 0.3) is 0 Å². The third-order valence-electron chi connectivity index (χ3n) is 17.7. The van der Waals surface area contributed by atoms with Crippen LogP contribution in [0.15, 0.2) is 35.4 Å². The van der Waals surface area contributed by atoms with Crippen molar-refractivity contribution >= 4 is 29.3 Å². The van der Waals surface area contributed by atoms with Crippen LogP contribution >= 0.6 is 11.6 Å². The molecule has 0 heterocycles. The number of aliphatic hydroxyl groups excluding tert-OH is 1. The van der Waals surface area contributed by atoms with Gasteiger partial charge < -0.3 is 20.3 Å². The minimum absolute atomic E-state index is 0.00856. The van der Waals surface area contributed by atoms with Crippen LogP contribution in [0.4, 0.5) is 0 Å². The van der Waals surface area contributed by atoms with Gasteiger partial charge in [-0.3, -0.25) is 14.4 Å². The number of rotatable bonds is 9. The van der Waals surface area contributed by atoms with E-state index in [1.54, 1.807) is 0 Å². The topological polar surface area (TPSA) is 113 Å². The summed E-state index contributed by atoms with van der Waals surface area (Å²) < 4.78 is 6.41. The number of carbonyl (C=O) groups excluding carboxylic acids is 2. The van der Waals surface area contributed by atoms with E-state index in [-0.39, 0.29) is 57.3 Å². The molecule has 0 radical (unpaired) electrons. The highest BCUT2D eigenvalue weighted by atomic mass is 35.5. The average Bonchev–Trinajstić information content (AvgIpc) is 3.39. The molecule has 1 aromatic rings. The Morgan fingerprint density at radius 3 is 2.28 bits per heavy atom. The molecule has 54 heavy (non-hydrogen) atoms. The normalized spacial score (nSPS) is 41.2. The summed E-state index contributed by atoms with van der Waals surface area (Å²) in [6.07, 6.45) is 7.86. The van der Waals surface area contributed by atoms with Crippen molar-refractivity contribution in [3.05, 3.63) is 46.0 Å². The molecule has 0 bridgehead atoms. The first-order valence-corrected chi connectivity index (χ1v) is 21.4. The van der Waals surface area contributed by atoms with E-state index in [0.29, 0.717) is 42.8 Å². The summed E-state index contributed by atoms with van der Waals surface area (Å²) in [4.78, 5) is 39.4. The van der Waals surface area contributed by atoms with E-state index in [1.807, 2.05) is 38.1 Å². The summed E-state index contributed by atoms with van der Waals surface area (Å²) in [5.74, 6) is -0.444. The summed E-state index contributed by atoms with van der Waals surface area (Å²) in [5, 5.41) is 26.0. The van der Waals surface area contributed by atoms with E-state index < -0.39 is 28.8 Å². The summed E-state index contributed by atoms with van der Waals surface area (Å²) in [6.45, 7) is 21.4. The number of hydrogen-bond acceptors (Lipinski definition) is 6. The van der Waals surface area contributed by atoms with Crippen LogP contribution < -0.4 is 5.32 Å². The molecule has 0 spiro atoms. The first kappa shape index (κ1) is 40.0. The highest BCUT2D eigenvalue weighted by Crippen LogP contribution is 2.77. The number of aliphatic carboxylic acids is 1. The molecule has 5 saturated carbocycles. The number of benzene rings is 1. The highest BCUT2D eigenvalue weighted by molar-refractivity contribution is 6.30. The number of carboxylic acids is 1. The molecule has 0 amide bonds. The molecule has 11 atom stereocenters. The van der Waals surface area contributed by atoms with Crippen molar-refractivity contribution in [2.45, 2.75) is 145 Å². The number of Topliss-reactive ketones (excluding diaryl/α,β-unsaturated/α-hetero) is 1. The SMILES string of the molecule is CC(C)C1=C2[C@H]3CC[C@@H]4[C@@]5(C)CC[C@H](OC(=O)[C@H]6C[C@@H](C(=O)O)C6(C)C)C(C)(C)[C@@H]5CC[C@@]4(C)[C@]3(C)CC[C@@]2([C@@H](O)CNCc2cccc(Cl)c2)CC1=O. The number of hydrogen-bond donors (Lipinski definition) is 3. The smallest absolute Gasteiger partial charge is 0.309 e. The van der Waals surface area contributed by atoms with Crippen molar-refractivity contribution in [3.8, 4) is 0 Å². The molecule has 7 nitrogen and oxygen atoms in total. The summed E-state index contributed by atoms with van der Waals surface area (Å²) in [6, 6.07) is 7.81. The fraction of sp³-hybridized carbons (Fsp3) is 0.761. The Balaban J connectivity index is 1.13. The lowest BCUT2D eigenvalue weighted by Gasteiger charge is -2.72. The van der Waals surface area contributed by atoms with Crippen molar-refractivity contribution in [2.24, 2.45) is 68.0 Å². The van der Waals surface area contributed by atoms with Gasteiger partial charge in [0.1, 0.15) is 6.10 Å². The fourth-order valence-electron chi connectivity index (χ4n) is 14.4. The van der Waals surface area contributed by atoms with Crippen molar-refractivity contribution < 1.29 is 29.3 Å². The standard InChI is InChI=1S/C46H66ClNO6/c1-26(2)37-32(49)23-46(35(50)25-48-24-27-11-10-12-28(47)21-27)20-19-44(8)29(38(37)46)13-14-34-43(7)17-16-36(42(5,6)33(43)15-18-45(34,44)9)54-40(53)31-22-30(39(51)52)41(31,3)4/h10-12,21,26,29-31,33-36,48,50H,13-20,22-25H2,1-9H3,(H,51,52)/t29-,30+,31-,33+,34-,35+,36+,43+,44-,45-,46+/m1/s1. The molecule has 0 saturated heterocycles. The van der Waals surface area contributed by atoms with Gasteiger partial charge in [-0.1, -0.05) is 91.6 Å². The second-order valence-electron chi connectivity index (χ2n) is 20.9. The van der Waals surface area contributed by atoms with Crippen molar-refractivity contribution in [1.29, 1.82) is 0 Å². The number of ketones is 1. The summed E-state index contributed by atoms with van der Waals surface area (Å²) >= 11 is 6.25. The van der Waals surface area contributed by atoms with Crippen LogP contribution in [0.1, 0.15) is 132 Å². The lowest BCUT2D eigenvalue weighted by molar-refractivity contribution is -0.238. The number of halogens is 1. The van der Waals surface area contributed by atoms with Crippen LogP contribution in [0.2, 0.25) is 5.02 Å². The third-order valence-corrected chi connectivity index (χ3v) is 18.0. The molecule has 6 aliphatic carbocycles. The quantitative estimate of drug-likeness (QED) is 0.215. The van der Waals surface area contributed by atoms with Crippen molar-refractivity contribution in [2.75, 3.05) is 6.54 Å². The number of carbonyl (C=O) groups is 3. The monoisotopic (exact) mass is 763 g/mol. The zero-order valence-electron chi connectivity index (χ0n) is 34.3. The molecule has 1 aromatic carbocycles. The predicted molar refractivity (Wildman–Crippen MR) is 211 cm³/mol. The number of nitrogens with one attached hydrogen (secondary N) is 1. The molecule has 0 aromatic heterocycles. The fourth-order valence-corrected chi connectivity index (χ4v) is 14.7. The van der Waals surface area contributed by atoms with E-state index >= 15 is 0 Å². The zero-order chi connectivity index (χ0) is 39.4. The number of allylic oxidation sites excluding steroid dienone is 1. The van der Waals surface area contributed by atoms with E-state index in [0.717, 1.165) is 62.5 Å². The maximum Gasteiger partial charge on any atom is 0.309 e. The van der Waals surface area contributed by atoms with Crippen LogP contribution in [0.3, 0.4) is 0 Å². The molecule has 3 N–H and O–H groups in total. The lowest BCUT2D eigenvalue weighted by Crippen LogP contribution is -2.66. The average molecular weight is 764 g/mol. The largest absolute Gasteiger partial charge is 0.481 e. The Morgan fingerprint density at radius 1 is 0.907 bits per heavy atom. The molecule has 8 heteroatoms. The van der Waals surface area contributed by atoms with E-state index in [4.69, 9.17) is 16.3 Å². The number of fused-ring (bicyclic) bond motifs is 7. The van der Waals surface area contributed by atoms with Crippen molar-refractivity contribution in [1.82, 2.24) is 5.32 Å². The van der Waals surface area contributed by atoms with Gasteiger partial charge in [0.15, 0.2) is 5.78 Å². The van der Waals surface area contributed by atoms with Crippen LogP contribution in [0, 0.1) is 68.0 Å². The summed E-state index contributed by atoms with van der Waals surface area (Å²) in [5.41, 5.74) is 2.15. The number of carboxylic acid groups (broad SMARTS) is 1. The van der Waals surface area contributed by atoms with Crippen LogP contribution in [0.5, 0.6) is 0 Å². The number of esters is 1. The molecule has 0 aliphatic heterocycles. The Hall–Kier alpha value is -2.22. The molecular formula is C46H66ClNO6. The number of ether oxygens (including phenoxy) is 1. The zero-order valence-corrected chi connectivity index (χ0v) is 35.1. The molecule has 6 aliphatic rings.